The standard InChI is InChI=1S/C12H11N3O3/c1-7-10(3-2-6-14-7)18-11-8(13)4-5-9(15-11)12(16)17/h2-6H,13H2,1H3,(H,16,17). The number of hydrogen-bond donors (Lipinski definition) is 2. The van der Waals surface area contributed by atoms with E-state index in [0.29, 0.717) is 11.4 Å². The normalized spacial score (nSPS) is 10.1. The molecule has 2 aromatic heterocycles. The zero-order valence-electron chi connectivity index (χ0n) is 9.62. The van der Waals surface area contributed by atoms with E-state index in [1.165, 1.54) is 12.1 Å². The van der Waals surface area contributed by atoms with E-state index in [1.54, 1.807) is 25.3 Å². The topological polar surface area (TPSA) is 98.3 Å². The van der Waals surface area contributed by atoms with E-state index in [4.69, 9.17) is 15.6 Å². The number of aromatic nitrogens is 2. The van der Waals surface area contributed by atoms with Gasteiger partial charge >= 0.3 is 5.97 Å². The number of anilines is 1. The van der Waals surface area contributed by atoms with Gasteiger partial charge in [-0.15, -0.1) is 0 Å². The summed E-state index contributed by atoms with van der Waals surface area (Å²) >= 11 is 0. The molecule has 0 aromatic carbocycles. The van der Waals surface area contributed by atoms with E-state index >= 15 is 0 Å². The van der Waals surface area contributed by atoms with Crippen LogP contribution < -0.4 is 10.5 Å². The lowest BCUT2D eigenvalue weighted by atomic mass is 10.3. The highest BCUT2D eigenvalue weighted by Crippen LogP contribution is 2.26. The first-order chi connectivity index (χ1) is 8.58. The molecular weight excluding hydrogens is 234 g/mol. The molecule has 0 saturated heterocycles. The molecule has 0 spiro atoms. The molecule has 0 aliphatic carbocycles. The van der Waals surface area contributed by atoms with Crippen LogP contribution in [0, 0.1) is 6.92 Å². The summed E-state index contributed by atoms with van der Waals surface area (Å²) in [6.45, 7) is 1.77. The second-order valence-electron chi connectivity index (χ2n) is 3.59. The third kappa shape index (κ3) is 2.37. The van der Waals surface area contributed by atoms with Crippen LogP contribution in [0.3, 0.4) is 0 Å². The van der Waals surface area contributed by atoms with Crippen molar-refractivity contribution in [2.24, 2.45) is 0 Å². The Morgan fingerprint density at radius 3 is 2.83 bits per heavy atom. The molecule has 18 heavy (non-hydrogen) atoms. The first-order valence-electron chi connectivity index (χ1n) is 5.17. The molecule has 0 aliphatic heterocycles. The smallest absolute Gasteiger partial charge is 0.354 e. The van der Waals surface area contributed by atoms with Crippen LogP contribution in [0.5, 0.6) is 11.6 Å². The second kappa shape index (κ2) is 4.70. The number of carboxylic acid groups (broad SMARTS) is 1. The number of ether oxygens (including phenoxy) is 1. The molecule has 92 valence electrons. The monoisotopic (exact) mass is 245 g/mol. The molecule has 2 aromatic rings. The summed E-state index contributed by atoms with van der Waals surface area (Å²) in [6, 6.07) is 6.18. The SMILES string of the molecule is Cc1ncccc1Oc1nc(C(=O)O)ccc1N. The van der Waals surface area contributed by atoms with Gasteiger partial charge in [-0.3, -0.25) is 4.98 Å². The maximum atomic E-state index is 10.8. The molecule has 0 radical (unpaired) electrons. The number of carbonyl (C=O) groups is 1. The van der Waals surface area contributed by atoms with Crippen LogP contribution >= 0.6 is 0 Å². The predicted molar refractivity (Wildman–Crippen MR) is 64.7 cm³/mol. The quantitative estimate of drug-likeness (QED) is 0.856. The van der Waals surface area contributed by atoms with E-state index in [1.807, 2.05) is 0 Å². The van der Waals surface area contributed by atoms with Gasteiger partial charge in [-0.1, -0.05) is 0 Å². The van der Waals surface area contributed by atoms with Crippen molar-refractivity contribution in [2.75, 3.05) is 5.73 Å². The predicted octanol–water partition coefficient (Wildman–Crippen LogP) is 1.86. The molecule has 2 rings (SSSR count). The molecule has 6 heteroatoms. The average Bonchev–Trinajstić information content (AvgIpc) is 2.34. The minimum Gasteiger partial charge on any atom is -0.477 e. The van der Waals surface area contributed by atoms with E-state index in [2.05, 4.69) is 9.97 Å². The second-order valence-corrected chi connectivity index (χ2v) is 3.59. The summed E-state index contributed by atoms with van der Waals surface area (Å²) in [5.74, 6) is -0.590. The Balaban J connectivity index is 2.37. The van der Waals surface area contributed by atoms with Crippen LogP contribution in [0.1, 0.15) is 16.2 Å². The van der Waals surface area contributed by atoms with Gasteiger partial charge in [-0.05, 0) is 31.2 Å². The van der Waals surface area contributed by atoms with Crippen molar-refractivity contribution in [3.8, 4) is 11.6 Å². The zero-order valence-corrected chi connectivity index (χ0v) is 9.62. The summed E-state index contributed by atoms with van der Waals surface area (Å²) in [5, 5.41) is 8.85. The Morgan fingerprint density at radius 2 is 2.17 bits per heavy atom. The van der Waals surface area contributed by atoms with E-state index in [0.717, 1.165) is 0 Å². The zero-order chi connectivity index (χ0) is 13.1. The number of hydrogen-bond acceptors (Lipinski definition) is 5. The van der Waals surface area contributed by atoms with Crippen molar-refractivity contribution in [3.63, 3.8) is 0 Å². The van der Waals surface area contributed by atoms with E-state index in [-0.39, 0.29) is 17.3 Å². The van der Waals surface area contributed by atoms with Crippen molar-refractivity contribution in [3.05, 3.63) is 41.9 Å². The fraction of sp³-hybridized carbons (Fsp3) is 0.0833. The third-order valence-electron chi connectivity index (χ3n) is 2.27. The number of rotatable bonds is 3. The first-order valence-corrected chi connectivity index (χ1v) is 5.17. The Morgan fingerprint density at radius 1 is 1.39 bits per heavy atom. The summed E-state index contributed by atoms with van der Waals surface area (Å²) in [6.07, 6.45) is 1.63. The Kier molecular flexibility index (Phi) is 3.09. The van der Waals surface area contributed by atoms with Gasteiger partial charge in [0.25, 0.3) is 0 Å². The minimum absolute atomic E-state index is 0.0611. The van der Waals surface area contributed by atoms with Gasteiger partial charge in [-0.25, -0.2) is 9.78 Å². The third-order valence-corrected chi connectivity index (χ3v) is 2.27. The molecule has 0 unspecified atom stereocenters. The number of aromatic carboxylic acids is 1. The molecule has 6 nitrogen and oxygen atoms in total. The molecular formula is C12H11N3O3. The number of nitrogens with zero attached hydrogens (tertiary/aromatic N) is 2. The largest absolute Gasteiger partial charge is 0.477 e. The van der Waals surface area contributed by atoms with Gasteiger partial charge in [0, 0.05) is 6.20 Å². The van der Waals surface area contributed by atoms with Crippen LogP contribution in [-0.2, 0) is 0 Å². The molecule has 0 aliphatic rings. The van der Waals surface area contributed by atoms with Gasteiger partial charge in [0.2, 0.25) is 5.88 Å². The van der Waals surface area contributed by atoms with Crippen molar-refractivity contribution >= 4 is 11.7 Å². The van der Waals surface area contributed by atoms with Crippen LogP contribution in [-0.4, -0.2) is 21.0 Å². The lowest BCUT2D eigenvalue weighted by molar-refractivity contribution is 0.0689. The Hall–Kier alpha value is -2.63. The summed E-state index contributed by atoms with van der Waals surface area (Å²) < 4.78 is 5.47. The van der Waals surface area contributed by atoms with Gasteiger partial charge in [0.1, 0.15) is 0 Å². The van der Waals surface area contributed by atoms with Crippen molar-refractivity contribution in [2.45, 2.75) is 6.92 Å². The van der Waals surface area contributed by atoms with Gasteiger partial charge < -0.3 is 15.6 Å². The fourth-order valence-corrected chi connectivity index (χ4v) is 1.33. The van der Waals surface area contributed by atoms with Gasteiger partial charge in [-0.2, -0.15) is 0 Å². The highest BCUT2D eigenvalue weighted by atomic mass is 16.5. The fourth-order valence-electron chi connectivity index (χ4n) is 1.33. The van der Waals surface area contributed by atoms with Crippen molar-refractivity contribution in [1.29, 1.82) is 0 Å². The molecule has 0 fully saturated rings. The summed E-state index contributed by atoms with van der Waals surface area (Å²) in [4.78, 5) is 18.7. The highest BCUT2D eigenvalue weighted by molar-refractivity contribution is 5.86. The van der Waals surface area contributed by atoms with E-state index < -0.39 is 5.97 Å². The number of nitrogen functional groups attached to an aromatic ring is 1. The summed E-state index contributed by atoms with van der Waals surface area (Å²) in [7, 11) is 0. The molecule has 0 amide bonds. The molecule has 3 N–H and O–H groups in total. The molecule has 2 heterocycles. The summed E-state index contributed by atoms with van der Waals surface area (Å²) in [5.41, 5.74) is 6.50. The number of aryl methyl sites for hydroxylation is 1. The van der Waals surface area contributed by atoms with Crippen LogP contribution in [0.4, 0.5) is 5.69 Å². The van der Waals surface area contributed by atoms with E-state index in [9.17, 15) is 4.79 Å². The number of carboxylic acids is 1. The average molecular weight is 245 g/mol. The maximum absolute atomic E-state index is 10.8. The van der Waals surface area contributed by atoms with Crippen LogP contribution in [0.25, 0.3) is 0 Å². The Labute approximate surface area is 103 Å². The number of nitrogens with two attached hydrogens (primary N) is 1. The first kappa shape index (κ1) is 11.8. The maximum Gasteiger partial charge on any atom is 0.354 e. The Bertz CT molecular complexity index is 599. The highest BCUT2D eigenvalue weighted by Gasteiger charge is 2.11. The van der Waals surface area contributed by atoms with Gasteiger partial charge in [0.05, 0.1) is 11.4 Å². The minimum atomic E-state index is -1.14. The van der Waals surface area contributed by atoms with Crippen LogP contribution in [0.2, 0.25) is 0 Å². The molecule has 0 atom stereocenters. The lowest BCUT2D eigenvalue weighted by Gasteiger charge is -2.09. The van der Waals surface area contributed by atoms with Crippen molar-refractivity contribution < 1.29 is 14.6 Å². The molecule has 0 saturated carbocycles. The lowest BCUT2D eigenvalue weighted by Crippen LogP contribution is -2.04. The van der Waals surface area contributed by atoms with Gasteiger partial charge in [0.15, 0.2) is 11.4 Å². The molecule has 0 bridgehead atoms. The van der Waals surface area contributed by atoms with Crippen molar-refractivity contribution in [1.82, 2.24) is 9.97 Å². The number of pyridine rings is 2. The van der Waals surface area contributed by atoms with Crippen LogP contribution in [0.15, 0.2) is 30.5 Å².